The van der Waals surface area contributed by atoms with Gasteiger partial charge in [0.1, 0.15) is 5.75 Å². The summed E-state index contributed by atoms with van der Waals surface area (Å²) >= 11 is 2.89. The molecule has 2 aliphatic carbocycles. The highest BCUT2D eigenvalue weighted by Gasteiger charge is 2.69. The minimum Gasteiger partial charge on any atom is -0.484 e. The lowest BCUT2D eigenvalue weighted by atomic mass is 9.68. The number of ether oxygens (including phenoxy) is 1. The number of hydrogen-bond donors (Lipinski definition) is 2. The second-order valence-electron chi connectivity index (χ2n) is 12.1. The number of aromatic nitrogens is 1. The van der Waals surface area contributed by atoms with E-state index in [0.29, 0.717) is 17.1 Å². The topological polar surface area (TPSA) is 109 Å². The van der Waals surface area contributed by atoms with Crippen LogP contribution in [0.1, 0.15) is 28.3 Å². The number of amides is 3. The number of aromatic amines is 1. The number of nitrogens with zero attached hydrogens (tertiary/aromatic N) is 1. The number of rotatable bonds is 6. The van der Waals surface area contributed by atoms with Gasteiger partial charge in [-0.2, -0.15) is 0 Å². The Bertz CT molecular complexity index is 1850. The fourth-order valence-electron chi connectivity index (χ4n) is 8.00. The molecule has 2 aliphatic heterocycles. The summed E-state index contributed by atoms with van der Waals surface area (Å²) in [6, 6.07) is 24.5. The highest BCUT2D eigenvalue weighted by Crippen LogP contribution is 2.68. The molecule has 2 N–H and O–H groups in total. The number of carbonyl (C=O) groups is 3. The van der Waals surface area contributed by atoms with Crippen LogP contribution in [0.2, 0.25) is 0 Å². The summed E-state index contributed by atoms with van der Waals surface area (Å²) < 4.78 is 5.92. The Morgan fingerprint density at radius 1 is 0.955 bits per heavy atom. The first-order chi connectivity index (χ1) is 21.4. The quantitative estimate of drug-likeness (QED) is 0.277. The van der Waals surface area contributed by atoms with Gasteiger partial charge in [0.2, 0.25) is 11.8 Å². The number of fused-ring (bicyclic) bond motifs is 9. The van der Waals surface area contributed by atoms with Crippen molar-refractivity contribution in [1.82, 2.24) is 4.98 Å². The number of hydrogen-bond acceptors (Lipinski definition) is 7. The number of nitrogens with one attached hydrogen (secondary N) is 2. The van der Waals surface area contributed by atoms with Crippen molar-refractivity contribution < 1.29 is 19.1 Å². The highest BCUT2D eigenvalue weighted by atomic mass is 32.2. The van der Waals surface area contributed by atoms with Gasteiger partial charge < -0.3 is 15.0 Å². The SMILES string of the molecule is Cc1ccc(N2C(=O)C3C4CC(C3C2=O)C2C4Sc3[nH]c(=O)sc3[C@@H]2c2cccc(OCC(=O)Nc3ccccc3)c2)cc1. The summed E-state index contributed by atoms with van der Waals surface area (Å²) in [7, 11) is 0. The van der Waals surface area contributed by atoms with Gasteiger partial charge in [-0.25, -0.2) is 0 Å². The molecule has 2 saturated carbocycles. The number of thiazole rings is 1. The van der Waals surface area contributed by atoms with E-state index in [1.807, 2.05) is 85.8 Å². The molecule has 8 rings (SSSR count). The Hall–Kier alpha value is -4.15. The van der Waals surface area contributed by atoms with Crippen molar-refractivity contribution in [1.29, 1.82) is 0 Å². The molecule has 3 fully saturated rings. The lowest BCUT2D eigenvalue weighted by Crippen LogP contribution is -2.42. The monoisotopic (exact) mass is 623 g/mol. The Morgan fingerprint density at radius 2 is 1.70 bits per heavy atom. The molecule has 0 radical (unpaired) electrons. The van der Waals surface area contributed by atoms with Crippen LogP contribution in [0, 0.1) is 36.5 Å². The van der Waals surface area contributed by atoms with Crippen LogP contribution in [0.25, 0.3) is 0 Å². The van der Waals surface area contributed by atoms with E-state index >= 15 is 0 Å². The summed E-state index contributed by atoms with van der Waals surface area (Å²) in [5.41, 5.74) is 3.39. The zero-order valence-corrected chi connectivity index (χ0v) is 25.4. The number of aryl methyl sites for hydroxylation is 1. The number of thioether (sulfide) groups is 1. The van der Waals surface area contributed by atoms with E-state index in [1.165, 1.54) is 16.2 Å². The van der Waals surface area contributed by atoms with Crippen molar-refractivity contribution in [2.24, 2.45) is 29.6 Å². The summed E-state index contributed by atoms with van der Waals surface area (Å²) in [5, 5.41) is 3.79. The van der Waals surface area contributed by atoms with Crippen LogP contribution in [-0.2, 0) is 14.4 Å². The second-order valence-corrected chi connectivity index (χ2v) is 14.3. The van der Waals surface area contributed by atoms with E-state index in [4.69, 9.17) is 4.74 Å². The minimum atomic E-state index is -0.364. The van der Waals surface area contributed by atoms with Gasteiger partial charge in [0.25, 0.3) is 5.91 Å². The predicted octanol–water partition coefficient (Wildman–Crippen LogP) is 5.44. The zero-order chi connectivity index (χ0) is 30.1. The normalized spacial score (nSPS) is 28.0. The van der Waals surface area contributed by atoms with Gasteiger partial charge in [-0.15, -0.1) is 11.8 Å². The fourth-order valence-corrected chi connectivity index (χ4v) is 10.9. The van der Waals surface area contributed by atoms with Crippen LogP contribution in [0.5, 0.6) is 5.75 Å². The minimum absolute atomic E-state index is 0.0194. The van der Waals surface area contributed by atoms with Crippen molar-refractivity contribution in [3.8, 4) is 5.75 Å². The molecule has 44 heavy (non-hydrogen) atoms. The van der Waals surface area contributed by atoms with Gasteiger partial charge in [-0.05, 0) is 73.1 Å². The Kier molecular flexibility index (Phi) is 6.53. The number of anilines is 2. The largest absolute Gasteiger partial charge is 0.484 e. The third kappa shape index (κ3) is 4.34. The van der Waals surface area contributed by atoms with Gasteiger partial charge in [0.15, 0.2) is 6.61 Å². The molecule has 4 aromatic rings. The number of carbonyl (C=O) groups excluding carboxylic acids is 3. The third-order valence-corrected chi connectivity index (χ3v) is 12.2. The molecule has 1 aromatic heterocycles. The van der Waals surface area contributed by atoms with Gasteiger partial charge in [0.05, 0.1) is 22.5 Å². The van der Waals surface area contributed by atoms with Crippen molar-refractivity contribution in [2.45, 2.75) is 29.5 Å². The van der Waals surface area contributed by atoms with Gasteiger partial charge >= 0.3 is 4.87 Å². The van der Waals surface area contributed by atoms with E-state index in [9.17, 15) is 19.2 Å². The molecular formula is C34H29N3O5S2. The standard InChI is InChI=1S/C34H29N3O5S2/c1-17-10-12-20(13-11-17)37-32(39)27-22-15-23(28(27)33(37)40)29-26(22)25(30-31(43-29)36-34(41)44-30)18-6-5-9-21(14-18)42-16-24(38)35-19-7-3-2-4-8-19/h2-14,22-23,25-29H,15-16H2,1H3,(H,35,38)(H,36,41)/t22?,23?,25-,26?,27?,28?,29?/m1/s1. The molecule has 222 valence electrons. The third-order valence-electron chi connectivity index (χ3n) is 9.66. The first-order valence-corrected chi connectivity index (χ1v) is 16.5. The van der Waals surface area contributed by atoms with Crippen LogP contribution in [0.3, 0.4) is 0 Å². The van der Waals surface area contributed by atoms with E-state index < -0.39 is 0 Å². The molecule has 3 heterocycles. The van der Waals surface area contributed by atoms with Crippen molar-refractivity contribution in [3.63, 3.8) is 0 Å². The predicted molar refractivity (Wildman–Crippen MR) is 169 cm³/mol. The van der Waals surface area contributed by atoms with E-state index in [-0.39, 0.29) is 70.0 Å². The first-order valence-electron chi connectivity index (χ1n) is 14.8. The van der Waals surface area contributed by atoms with Crippen LogP contribution < -0.4 is 19.8 Å². The number of para-hydroxylation sites is 1. The molecule has 8 nitrogen and oxygen atoms in total. The van der Waals surface area contributed by atoms with E-state index in [2.05, 4.69) is 10.3 Å². The molecule has 2 bridgehead atoms. The van der Waals surface area contributed by atoms with E-state index in [0.717, 1.165) is 27.5 Å². The average Bonchev–Trinajstić information content (AvgIpc) is 3.76. The molecule has 1 saturated heterocycles. The summed E-state index contributed by atoms with van der Waals surface area (Å²) in [4.78, 5) is 58.3. The summed E-state index contributed by atoms with van der Waals surface area (Å²) in [6.45, 7) is 1.84. The number of benzene rings is 3. The molecule has 10 heteroatoms. The average molecular weight is 624 g/mol. The van der Waals surface area contributed by atoms with Crippen LogP contribution in [0.15, 0.2) is 88.7 Å². The van der Waals surface area contributed by atoms with Gasteiger partial charge in [-0.3, -0.25) is 24.1 Å². The molecular weight excluding hydrogens is 595 g/mol. The first kappa shape index (κ1) is 27.4. The maximum absolute atomic E-state index is 14.0. The number of imide groups is 1. The summed E-state index contributed by atoms with van der Waals surface area (Å²) in [5.74, 6) is -0.589. The maximum Gasteiger partial charge on any atom is 0.305 e. The van der Waals surface area contributed by atoms with Crippen molar-refractivity contribution in [2.75, 3.05) is 16.8 Å². The van der Waals surface area contributed by atoms with Gasteiger partial charge in [-0.1, -0.05) is 59.4 Å². The molecule has 6 unspecified atom stereocenters. The smallest absolute Gasteiger partial charge is 0.305 e. The van der Waals surface area contributed by atoms with Crippen molar-refractivity contribution in [3.05, 3.63) is 105 Å². The lowest BCUT2D eigenvalue weighted by molar-refractivity contribution is -0.123. The molecule has 3 amide bonds. The Balaban J connectivity index is 1.10. The number of H-pyrrole nitrogens is 1. The summed E-state index contributed by atoms with van der Waals surface area (Å²) in [6.07, 6.45) is 0.822. The van der Waals surface area contributed by atoms with Crippen molar-refractivity contribution >= 4 is 52.2 Å². The second kappa shape index (κ2) is 10.5. The van der Waals surface area contributed by atoms with Crippen LogP contribution >= 0.6 is 23.1 Å². The van der Waals surface area contributed by atoms with Gasteiger partial charge in [0, 0.05) is 21.7 Å². The maximum atomic E-state index is 14.0. The molecule has 0 spiro atoms. The zero-order valence-electron chi connectivity index (χ0n) is 23.8. The van der Waals surface area contributed by atoms with Crippen LogP contribution in [-0.4, -0.2) is 34.6 Å². The molecule has 3 aromatic carbocycles. The Labute approximate surface area is 261 Å². The Morgan fingerprint density at radius 3 is 2.48 bits per heavy atom. The fraction of sp³-hybridized carbons (Fsp3) is 0.294. The lowest BCUT2D eigenvalue weighted by Gasteiger charge is -2.43. The van der Waals surface area contributed by atoms with Crippen LogP contribution in [0.4, 0.5) is 11.4 Å². The molecule has 7 atom stereocenters. The highest BCUT2D eigenvalue weighted by molar-refractivity contribution is 8.00. The van der Waals surface area contributed by atoms with E-state index in [1.54, 1.807) is 11.8 Å². The molecule has 4 aliphatic rings.